The van der Waals surface area contributed by atoms with Gasteiger partial charge in [-0.15, -0.1) is 12.1 Å². The highest BCUT2D eigenvalue weighted by molar-refractivity contribution is 5.80. The fourth-order valence-corrected chi connectivity index (χ4v) is 1.89. The lowest BCUT2D eigenvalue weighted by molar-refractivity contribution is -0.447. The second-order valence-corrected chi connectivity index (χ2v) is 3.69. The molecule has 1 heterocycles. The summed E-state index contributed by atoms with van der Waals surface area (Å²) in [6, 6.07) is 18.8. The van der Waals surface area contributed by atoms with Crippen molar-refractivity contribution >= 4 is 11.9 Å². The zero-order valence-corrected chi connectivity index (χ0v) is 8.35. The first kappa shape index (κ1) is 8.42. The minimum Gasteiger partial charge on any atom is -0.279 e. The van der Waals surface area contributed by atoms with Crippen molar-refractivity contribution in [1.82, 2.24) is 0 Å². The van der Waals surface area contributed by atoms with Crippen molar-refractivity contribution in [3.63, 3.8) is 0 Å². The van der Waals surface area contributed by atoms with E-state index in [2.05, 4.69) is 59.3 Å². The Kier molecular flexibility index (Phi) is 1.88. The molecule has 1 aliphatic heterocycles. The highest BCUT2D eigenvalue weighted by Gasteiger charge is 2.12. The number of hydrogen-bond donors (Lipinski definition) is 0. The van der Waals surface area contributed by atoms with Crippen LogP contribution in [0.5, 0.6) is 0 Å². The summed E-state index contributed by atoms with van der Waals surface area (Å²) >= 11 is 0. The minimum absolute atomic E-state index is 0.931. The van der Waals surface area contributed by atoms with Gasteiger partial charge in [-0.3, -0.25) is 4.58 Å². The molecule has 0 aromatic heterocycles. The zero-order chi connectivity index (χ0) is 10.1. The van der Waals surface area contributed by atoms with Gasteiger partial charge in [-0.25, -0.2) is 0 Å². The van der Waals surface area contributed by atoms with E-state index < -0.39 is 0 Å². The van der Waals surface area contributed by atoms with Crippen LogP contribution in [0.3, 0.4) is 0 Å². The molecule has 0 fully saturated rings. The van der Waals surface area contributed by atoms with Crippen molar-refractivity contribution < 1.29 is 4.58 Å². The maximum atomic E-state index is 3.38. The molecule has 0 unspecified atom stereocenters. The molecular weight excluding hydrogens is 182 g/mol. The van der Waals surface area contributed by atoms with E-state index in [0.29, 0.717) is 0 Å². The average molecular weight is 193 g/mol. The Morgan fingerprint density at radius 2 is 1.60 bits per heavy atom. The van der Waals surface area contributed by atoms with Crippen LogP contribution in [-0.4, -0.2) is 10.8 Å². The second kappa shape index (κ2) is 3.35. The lowest BCUT2D eigenvalue weighted by Gasteiger charge is -2.01. The van der Waals surface area contributed by atoms with E-state index in [0.717, 1.165) is 6.54 Å². The molecule has 1 nitrogen and oxygen atoms in total. The molecular formula is C14H11N. The Hall–Kier alpha value is -1.89. The van der Waals surface area contributed by atoms with Gasteiger partial charge >= 0.3 is 0 Å². The number of fused-ring (bicyclic) bond motifs is 1. The summed E-state index contributed by atoms with van der Waals surface area (Å²) in [6.07, 6.45) is 3.38. The monoisotopic (exact) mass is 193 g/mol. The third kappa shape index (κ3) is 1.46. The van der Waals surface area contributed by atoms with Crippen LogP contribution in [0.4, 0.5) is 5.69 Å². The molecule has 0 saturated heterocycles. The van der Waals surface area contributed by atoms with E-state index in [1.54, 1.807) is 0 Å². The fraction of sp³-hybridized carbons (Fsp3) is 0.0714. The normalized spacial score (nSPS) is 13.5. The largest absolute Gasteiger partial charge is 0.279 e. The highest BCUT2D eigenvalue weighted by Crippen LogP contribution is 2.20. The van der Waals surface area contributed by atoms with Gasteiger partial charge in [0.1, 0.15) is 12.2 Å². The molecule has 0 bridgehead atoms. The van der Waals surface area contributed by atoms with Crippen molar-refractivity contribution in [2.24, 2.45) is 0 Å². The quantitative estimate of drug-likeness (QED) is 0.484. The Morgan fingerprint density at radius 1 is 0.867 bits per heavy atom. The van der Waals surface area contributed by atoms with Gasteiger partial charge in [0.15, 0.2) is 6.21 Å². The minimum atomic E-state index is 0.931. The Balaban J connectivity index is 2.02. The van der Waals surface area contributed by atoms with Gasteiger partial charge < -0.3 is 0 Å². The SMILES string of the molecule is [C-]1=[N+](c2ccccc2)Cc2ccccc21. The van der Waals surface area contributed by atoms with Gasteiger partial charge in [0.05, 0.1) is 0 Å². The summed E-state index contributed by atoms with van der Waals surface area (Å²) in [7, 11) is 0. The number of hydrogen-bond acceptors (Lipinski definition) is 0. The van der Waals surface area contributed by atoms with Crippen LogP contribution in [0.2, 0.25) is 0 Å². The summed E-state index contributed by atoms with van der Waals surface area (Å²) in [5.74, 6) is 0. The van der Waals surface area contributed by atoms with Gasteiger partial charge in [-0.2, -0.15) is 0 Å². The summed E-state index contributed by atoms with van der Waals surface area (Å²) in [5.41, 5.74) is 3.76. The number of rotatable bonds is 1. The van der Waals surface area contributed by atoms with Crippen LogP contribution >= 0.6 is 0 Å². The van der Waals surface area contributed by atoms with E-state index in [9.17, 15) is 0 Å². The Bertz CT molecular complexity index is 512. The second-order valence-electron chi connectivity index (χ2n) is 3.69. The van der Waals surface area contributed by atoms with Crippen molar-refractivity contribution in [3.05, 3.63) is 65.7 Å². The lowest BCUT2D eigenvalue weighted by atomic mass is 10.1. The molecule has 0 radical (unpaired) electrons. The summed E-state index contributed by atoms with van der Waals surface area (Å²) in [5, 5.41) is 0. The third-order valence-corrected chi connectivity index (χ3v) is 2.67. The predicted octanol–water partition coefficient (Wildman–Crippen LogP) is 2.84. The highest BCUT2D eigenvalue weighted by atomic mass is 15.0. The maximum absolute atomic E-state index is 3.38. The van der Waals surface area contributed by atoms with E-state index >= 15 is 0 Å². The summed E-state index contributed by atoms with van der Waals surface area (Å²) < 4.78 is 2.16. The van der Waals surface area contributed by atoms with Crippen LogP contribution < -0.4 is 0 Å². The first-order valence-corrected chi connectivity index (χ1v) is 5.11. The van der Waals surface area contributed by atoms with Gasteiger partial charge in [0, 0.05) is 0 Å². The van der Waals surface area contributed by atoms with E-state index in [1.807, 2.05) is 6.07 Å². The average Bonchev–Trinajstić information content (AvgIpc) is 2.74. The van der Waals surface area contributed by atoms with Crippen molar-refractivity contribution in [3.8, 4) is 0 Å². The van der Waals surface area contributed by atoms with Gasteiger partial charge in [-0.05, 0) is 12.1 Å². The molecule has 0 saturated carbocycles. The van der Waals surface area contributed by atoms with E-state index in [1.165, 1.54) is 16.8 Å². The van der Waals surface area contributed by atoms with E-state index in [4.69, 9.17) is 0 Å². The smallest absolute Gasteiger partial charge is 0.153 e. The van der Waals surface area contributed by atoms with Crippen LogP contribution in [-0.2, 0) is 6.54 Å². The summed E-state index contributed by atoms with van der Waals surface area (Å²) in [6.45, 7) is 0.931. The van der Waals surface area contributed by atoms with Crippen molar-refractivity contribution in [2.75, 3.05) is 0 Å². The van der Waals surface area contributed by atoms with Crippen LogP contribution in [0.25, 0.3) is 0 Å². The number of benzene rings is 2. The number of nitrogens with zero attached hydrogens (tertiary/aromatic N) is 1. The molecule has 1 heteroatoms. The maximum Gasteiger partial charge on any atom is 0.153 e. The van der Waals surface area contributed by atoms with Gasteiger partial charge in [-0.1, -0.05) is 41.5 Å². The Labute approximate surface area is 89.3 Å². The zero-order valence-electron chi connectivity index (χ0n) is 8.35. The van der Waals surface area contributed by atoms with E-state index in [-0.39, 0.29) is 0 Å². The molecule has 3 rings (SSSR count). The molecule has 2 aromatic carbocycles. The molecule has 72 valence electrons. The Morgan fingerprint density at radius 3 is 2.40 bits per heavy atom. The fourth-order valence-electron chi connectivity index (χ4n) is 1.89. The molecule has 0 N–H and O–H groups in total. The first-order chi connectivity index (χ1) is 7.43. The van der Waals surface area contributed by atoms with Gasteiger partial charge in [0.2, 0.25) is 0 Å². The molecule has 1 aliphatic rings. The molecule has 0 aliphatic carbocycles. The number of para-hydroxylation sites is 1. The molecule has 0 spiro atoms. The standard InChI is InChI=1S/C14H11N/c1-2-8-14(9-3-1)15-10-12-6-4-5-7-13(12)11-15/h1-9H,10H2. The van der Waals surface area contributed by atoms with Crippen LogP contribution in [0.1, 0.15) is 11.1 Å². The van der Waals surface area contributed by atoms with Crippen LogP contribution in [0, 0.1) is 0 Å². The molecule has 0 amide bonds. The molecule has 15 heavy (non-hydrogen) atoms. The summed E-state index contributed by atoms with van der Waals surface area (Å²) in [4.78, 5) is 0. The van der Waals surface area contributed by atoms with Crippen molar-refractivity contribution in [1.29, 1.82) is 0 Å². The predicted molar refractivity (Wildman–Crippen MR) is 60.6 cm³/mol. The van der Waals surface area contributed by atoms with Crippen LogP contribution in [0.15, 0.2) is 54.6 Å². The third-order valence-electron chi connectivity index (χ3n) is 2.67. The lowest BCUT2D eigenvalue weighted by Crippen LogP contribution is -1.98. The topological polar surface area (TPSA) is 3.01 Å². The van der Waals surface area contributed by atoms with Gasteiger partial charge in [0.25, 0.3) is 0 Å². The molecule has 2 aromatic rings. The van der Waals surface area contributed by atoms with Crippen molar-refractivity contribution in [2.45, 2.75) is 6.54 Å². The molecule has 0 atom stereocenters. The first-order valence-electron chi connectivity index (χ1n) is 5.11.